The molecule has 1 N–H and O–H groups in total. The van der Waals surface area contributed by atoms with Crippen LogP contribution in [0.25, 0.3) is 10.9 Å². The highest BCUT2D eigenvalue weighted by molar-refractivity contribution is 8.00. The van der Waals surface area contributed by atoms with Crippen LogP contribution < -0.4 is 5.32 Å². The summed E-state index contributed by atoms with van der Waals surface area (Å²) in [5, 5.41) is 5.74. The van der Waals surface area contributed by atoms with Crippen LogP contribution in [0, 0.1) is 0 Å². The largest absolute Gasteiger partial charge is 0.299 e. The first-order valence-electron chi connectivity index (χ1n) is 5.57. The molecule has 0 amide bonds. The van der Waals surface area contributed by atoms with Gasteiger partial charge in [0.05, 0.1) is 16.6 Å². The van der Waals surface area contributed by atoms with Crippen molar-refractivity contribution in [3.63, 3.8) is 0 Å². The third-order valence-corrected chi connectivity index (χ3v) is 4.16. The Balaban J connectivity index is 1.99. The van der Waals surface area contributed by atoms with Gasteiger partial charge >= 0.3 is 0 Å². The molecule has 1 aliphatic rings. The minimum atomic E-state index is 0.361. The van der Waals surface area contributed by atoms with Crippen molar-refractivity contribution in [1.82, 2.24) is 10.3 Å². The van der Waals surface area contributed by atoms with Crippen molar-refractivity contribution in [2.75, 3.05) is 6.54 Å². The molecule has 1 aromatic heterocycles. The van der Waals surface area contributed by atoms with Crippen molar-refractivity contribution in [3.8, 4) is 0 Å². The van der Waals surface area contributed by atoms with Crippen molar-refractivity contribution in [3.05, 3.63) is 42.1 Å². The fourth-order valence-electron chi connectivity index (χ4n) is 2.00. The summed E-state index contributed by atoms with van der Waals surface area (Å²) in [6, 6.07) is 12.5. The second kappa shape index (κ2) is 4.07. The molecule has 0 spiro atoms. The van der Waals surface area contributed by atoms with E-state index in [0.29, 0.717) is 10.6 Å². The molecule has 16 heavy (non-hydrogen) atoms. The minimum absolute atomic E-state index is 0.361. The van der Waals surface area contributed by atoms with Gasteiger partial charge in [0.15, 0.2) is 0 Å². The van der Waals surface area contributed by atoms with Gasteiger partial charge in [-0.05, 0) is 12.1 Å². The van der Waals surface area contributed by atoms with Crippen LogP contribution in [0.15, 0.2) is 36.4 Å². The third kappa shape index (κ3) is 1.81. The number of nitrogens with zero attached hydrogens (tertiary/aromatic N) is 1. The van der Waals surface area contributed by atoms with Crippen LogP contribution in [0.1, 0.15) is 18.0 Å². The van der Waals surface area contributed by atoms with E-state index in [-0.39, 0.29) is 0 Å². The summed E-state index contributed by atoms with van der Waals surface area (Å²) in [6.07, 6.45) is 0. The first kappa shape index (κ1) is 10.1. The summed E-state index contributed by atoms with van der Waals surface area (Å²) in [6.45, 7) is 3.32. The lowest BCUT2D eigenvalue weighted by atomic mass is 10.2. The molecule has 2 aromatic rings. The van der Waals surface area contributed by atoms with Gasteiger partial charge in [0.2, 0.25) is 0 Å². The summed E-state index contributed by atoms with van der Waals surface area (Å²) in [5.41, 5.74) is 2.23. The van der Waals surface area contributed by atoms with Gasteiger partial charge in [-0.25, -0.2) is 0 Å². The standard InChI is InChI=1S/C13H14N2S/c1-9-8-14-13(16-9)12-7-6-10-4-2-3-5-11(10)15-12/h2-7,9,13-14H,8H2,1H3. The zero-order valence-electron chi connectivity index (χ0n) is 9.18. The number of hydrogen-bond donors (Lipinski definition) is 1. The maximum Gasteiger partial charge on any atom is 0.0965 e. The third-order valence-electron chi connectivity index (χ3n) is 2.85. The van der Waals surface area contributed by atoms with Crippen molar-refractivity contribution < 1.29 is 0 Å². The number of aromatic nitrogens is 1. The summed E-state index contributed by atoms with van der Waals surface area (Å²) in [5.74, 6) is 0. The minimum Gasteiger partial charge on any atom is -0.299 e. The van der Waals surface area contributed by atoms with E-state index in [4.69, 9.17) is 4.98 Å². The number of pyridine rings is 1. The summed E-state index contributed by atoms with van der Waals surface area (Å²) >= 11 is 1.95. The smallest absolute Gasteiger partial charge is 0.0965 e. The number of thioether (sulfide) groups is 1. The SMILES string of the molecule is CC1CNC(c2ccc3ccccc3n2)S1. The van der Waals surface area contributed by atoms with Crippen LogP contribution in [0.2, 0.25) is 0 Å². The van der Waals surface area contributed by atoms with Gasteiger partial charge in [-0.3, -0.25) is 10.3 Å². The molecule has 0 aliphatic carbocycles. The molecule has 1 aromatic carbocycles. The summed E-state index contributed by atoms with van der Waals surface area (Å²) < 4.78 is 0. The van der Waals surface area contributed by atoms with Gasteiger partial charge in [0.25, 0.3) is 0 Å². The monoisotopic (exact) mass is 230 g/mol. The Kier molecular flexibility index (Phi) is 2.58. The van der Waals surface area contributed by atoms with Crippen molar-refractivity contribution in [2.45, 2.75) is 17.5 Å². The predicted octanol–water partition coefficient (Wildman–Crippen LogP) is 2.96. The van der Waals surface area contributed by atoms with Crippen LogP contribution in [0.3, 0.4) is 0 Å². The van der Waals surface area contributed by atoms with Gasteiger partial charge in [-0.1, -0.05) is 31.2 Å². The maximum atomic E-state index is 4.71. The molecule has 1 fully saturated rings. The highest BCUT2D eigenvalue weighted by atomic mass is 32.2. The Morgan fingerprint density at radius 3 is 2.94 bits per heavy atom. The van der Waals surface area contributed by atoms with Gasteiger partial charge in [-0.15, -0.1) is 11.8 Å². The molecular formula is C13H14N2S. The van der Waals surface area contributed by atoms with Crippen LogP contribution in [-0.2, 0) is 0 Å². The zero-order chi connectivity index (χ0) is 11.0. The molecule has 0 saturated carbocycles. The normalized spacial score (nSPS) is 25.1. The van der Waals surface area contributed by atoms with Crippen molar-refractivity contribution >= 4 is 22.7 Å². The molecule has 82 valence electrons. The van der Waals surface area contributed by atoms with E-state index >= 15 is 0 Å². The van der Waals surface area contributed by atoms with E-state index in [9.17, 15) is 0 Å². The van der Waals surface area contributed by atoms with Crippen LogP contribution in [0.4, 0.5) is 0 Å². The second-order valence-electron chi connectivity index (χ2n) is 4.16. The van der Waals surface area contributed by atoms with Crippen molar-refractivity contribution in [2.24, 2.45) is 0 Å². The van der Waals surface area contributed by atoms with E-state index in [2.05, 4.69) is 36.5 Å². The van der Waals surface area contributed by atoms with Gasteiger partial charge < -0.3 is 0 Å². The highest BCUT2D eigenvalue weighted by Gasteiger charge is 2.23. The Morgan fingerprint density at radius 1 is 1.25 bits per heavy atom. The van der Waals surface area contributed by atoms with E-state index in [1.54, 1.807) is 0 Å². The summed E-state index contributed by atoms with van der Waals surface area (Å²) in [7, 11) is 0. The molecule has 0 radical (unpaired) electrons. The molecule has 1 aliphatic heterocycles. The maximum absolute atomic E-state index is 4.71. The first-order chi connectivity index (χ1) is 7.83. The quantitative estimate of drug-likeness (QED) is 0.815. The van der Waals surface area contributed by atoms with Gasteiger partial charge in [-0.2, -0.15) is 0 Å². The fraction of sp³-hybridized carbons (Fsp3) is 0.308. The summed E-state index contributed by atoms with van der Waals surface area (Å²) in [4.78, 5) is 4.71. The molecule has 3 heteroatoms. The first-order valence-corrected chi connectivity index (χ1v) is 6.52. The van der Waals surface area contributed by atoms with Crippen LogP contribution in [0.5, 0.6) is 0 Å². The molecule has 2 nitrogen and oxygen atoms in total. The average molecular weight is 230 g/mol. The van der Waals surface area contributed by atoms with Crippen molar-refractivity contribution in [1.29, 1.82) is 0 Å². The number of hydrogen-bond acceptors (Lipinski definition) is 3. The number of benzene rings is 1. The molecule has 0 bridgehead atoms. The number of fused-ring (bicyclic) bond motifs is 1. The highest BCUT2D eigenvalue weighted by Crippen LogP contribution is 2.34. The molecule has 3 rings (SSSR count). The Bertz CT molecular complexity index is 512. The number of para-hydroxylation sites is 1. The second-order valence-corrected chi connectivity index (χ2v) is 5.71. The lowest BCUT2D eigenvalue weighted by molar-refractivity contribution is 0.706. The molecule has 2 unspecified atom stereocenters. The number of nitrogens with one attached hydrogen (secondary N) is 1. The predicted molar refractivity (Wildman–Crippen MR) is 69.5 cm³/mol. The topological polar surface area (TPSA) is 24.9 Å². The number of rotatable bonds is 1. The van der Waals surface area contributed by atoms with E-state index < -0.39 is 0 Å². The Morgan fingerprint density at radius 2 is 2.12 bits per heavy atom. The van der Waals surface area contributed by atoms with E-state index in [0.717, 1.165) is 17.8 Å². The molecule has 2 heterocycles. The fourth-order valence-corrected chi connectivity index (χ4v) is 3.12. The Labute approximate surface area is 99.5 Å². The Hall–Kier alpha value is -1.06. The molecular weight excluding hydrogens is 216 g/mol. The van der Waals surface area contributed by atoms with E-state index in [1.165, 1.54) is 5.39 Å². The van der Waals surface area contributed by atoms with Gasteiger partial charge in [0, 0.05) is 17.2 Å². The van der Waals surface area contributed by atoms with E-state index in [1.807, 2.05) is 23.9 Å². The molecule has 2 atom stereocenters. The zero-order valence-corrected chi connectivity index (χ0v) is 10.00. The molecule has 1 saturated heterocycles. The van der Waals surface area contributed by atoms with Crippen LogP contribution in [-0.4, -0.2) is 16.8 Å². The lowest BCUT2D eigenvalue weighted by Crippen LogP contribution is -2.14. The average Bonchev–Trinajstić information content (AvgIpc) is 2.75. The van der Waals surface area contributed by atoms with Crippen LogP contribution >= 0.6 is 11.8 Å². The van der Waals surface area contributed by atoms with Gasteiger partial charge in [0.1, 0.15) is 0 Å². The lowest BCUT2D eigenvalue weighted by Gasteiger charge is -2.09.